The predicted octanol–water partition coefficient (Wildman–Crippen LogP) is 4.07. The standard InChI is InChI=1S/C10H9FS2/c1-6-5-13-10-7(11)3-4-8(12-2)9(6)10/h3-5H,1-2H3. The lowest BCUT2D eigenvalue weighted by molar-refractivity contribution is 0.641. The highest BCUT2D eigenvalue weighted by Gasteiger charge is 2.09. The average molecular weight is 212 g/mol. The molecular formula is C10H9FS2. The maximum Gasteiger partial charge on any atom is 0.141 e. The van der Waals surface area contributed by atoms with E-state index < -0.39 is 0 Å². The monoisotopic (exact) mass is 212 g/mol. The first-order chi connectivity index (χ1) is 6.24. The average Bonchev–Trinajstić information content (AvgIpc) is 2.51. The lowest BCUT2D eigenvalue weighted by atomic mass is 10.2. The van der Waals surface area contributed by atoms with Gasteiger partial charge in [0, 0.05) is 10.3 Å². The van der Waals surface area contributed by atoms with Crippen LogP contribution >= 0.6 is 23.1 Å². The van der Waals surface area contributed by atoms with Gasteiger partial charge in [0.05, 0.1) is 4.70 Å². The molecule has 1 aromatic heterocycles. The molecule has 2 aromatic rings. The first-order valence-electron chi connectivity index (χ1n) is 3.94. The lowest BCUT2D eigenvalue weighted by Crippen LogP contribution is -1.78. The summed E-state index contributed by atoms with van der Waals surface area (Å²) >= 11 is 3.15. The summed E-state index contributed by atoms with van der Waals surface area (Å²) < 4.78 is 14.1. The molecule has 0 aliphatic rings. The van der Waals surface area contributed by atoms with Crippen LogP contribution in [0.4, 0.5) is 4.39 Å². The van der Waals surface area contributed by atoms with E-state index in [0.717, 1.165) is 15.0 Å². The summed E-state index contributed by atoms with van der Waals surface area (Å²) in [4.78, 5) is 1.16. The van der Waals surface area contributed by atoms with Gasteiger partial charge in [0.2, 0.25) is 0 Å². The SMILES string of the molecule is CSc1ccc(F)c2scc(C)c12. The molecule has 0 nitrogen and oxygen atoms in total. The molecule has 0 N–H and O–H groups in total. The van der Waals surface area contributed by atoms with E-state index in [0.29, 0.717) is 0 Å². The largest absolute Gasteiger partial charge is 0.205 e. The first kappa shape index (κ1) is 9.03. The van der Waals surface area contributed by atoms with Crippen molar-refractivity contribution in [3.8, 4) is 0 Å². The van der Waals surface area contributed by atoms with Crippen molar-refractivity contribution in [2.75, 3.05) is 6.26 Å². The summed E-state index contributed by atoms with van der Waals surface area (Å²) in [5.74, 6) is -0.106. The summed E-state index contributed by atoms with van der Waals surface area (Å²) in [7, 11) is 0. The molecule has 0 aliphatic carbocycles. The Labute approximate surface area is 84.8 Å². The van der Waals surface area contributed by atoms with Gasteiger partial charge in [0.25, 0.3) is 0 Å². The summed E-state index contributed by atoms with van der Waals surface area (Å²) in [6, 6.07) is 3.40. The van der Waals surface area contributed by atoms with Crippen LogP contribution < -0.4 is 0 Å². The van der Waals surface area contributed by atoms with Gasteiger partial charge in [0.1, 0.15) is 5.82 Å². The Morgan fingerprint density at radius 1 is 1.38 bits per heavy atom. The van der Waals surface area contributed by atoms with Crippen LogP contribution in [0.2, 0.25) is 0 Å². The van der Waals surface area contributed by atoms with Crippen molar-refractivity contribution in [2.24, 2.45) is 0 Å². The van der Waals surface area contributed by atoms with Gasteiger partial charge in [-0.3, -0.25) is 0 Å². The second kappa shape index (κ2) is 3.31. The molecule has 68 valence electrons. The van der Waals surface area contributed by atoms with Crippen LogP contribution in [0.1, 0.15) is 5.56 Å². The van der Waals surface area contributed by atoms with Gasteiger partial charge >= 0.3 is 0 Å². The predicted molar refractivity (Wildman–Crippen MR) is 58.3 cm³/mol. The molecule has 0 aliphatic heterocycles. The van der Waals surface area contributed by atoms with E-state index in [1.807, 2.05) is 24.6 Å². The molecule has 0 spiro atoms. The zero-order chi connectivity index (χ0) is 9.42. The molecule has 0 bridgehead atoms. The summed E-state index contributed by atoms with van der Waals surface area (Å²) in [6.07, 6.45) is 2.02. The summed E-state index contributed by atoms with van der Waals surface area (Å²) in [5.41, 5.74) is 1.17. The Hall–Kier alpha value is -0.540. The van der Waals surface area contributed by atoms with Gasteiger partial charge in [-0.1, -0.05) is 0 Å². The molecule has 0 amide bonds. The van der Waals surface area contributed by atoms with Gasteiger partial charge in [-0.15, -0.1) is 23.1 Å². The van der Waals surface area contributed by atoms with E-state index in [1.165, 1.54) is 16.9 Å². The van der Waals surface area contributed by atoms with Crippen LogP contribution in [0.15, 0.2) is 22.4 Å². The normalized spacial score (nSPS) is 11.0. The Kier molecular flexibility index (Phi) is 2.30. The van der Waals surface area contributed by atoms with E-state index in [9.17, 15) is 4.39 Å². The molecule has 0 radical (unpaired) electrons. The fraction of sp³-hybridized carbons (Fsp3) is 0.200. The zero-order valence-corrected chi connectivity index (χ0v) is 9.06. The number of fused-ring (bicyclic) bond motifs is 1. The molecule has 1 heterocycles. The van der Waals surface area contributed by atoms with Crippen molar-refractivity contribution >= 4 is 33.2 Å². The number of aryl methyl sites for hydroxylation is 1. The quantitative estimate of drug-likeness (QED) is 0.642. The lowest BCUT2D eigenvalue weighted by Gasteiger charge is -2.00. The van der Waals surface area contributed by atoms with E-state index in [-0.39, 0.29) is 5.82 Å². The van der Waals surface area contributed by atoms with Gasteiger partial charge in [0.15, 0.2) is 0 Å². The Bertz CT molecular complexity index is 445. The Balaban J connectivity index is 2.88. The molecule has 0 saturated heterocycles. The second-order valence-electron chi connectivity index (χ2n) is 2.87. The van der Waals surface area contributed by atoms with Gasteiger partial charge in [-0.05, 0) is 36.3 Å². The Morgan fingerprint density at radius 2 is 2.15 bits per heavy atom. The van der Waals surface area contributed by atoms with Gasteiger partial charge < -0.3 is 0 Å². The smallest absolute Gasteiger partial charge is 0.141 e. The van der Waals surface area contributed by atoms with Crippen LogP contribution in [-0.2, 0) is 0 Å². The fourth-order valence-corrected chi connectivity index (χ4v) is 3.12. The van der Waals surface area contributed by atoms with Crippen molar-refractivity contribution in [2.45, 2.75) is 11.8 Å². The minimum Gasteiger partial charge on any atom is -0.205 e. The third-order valence-electron chi connectivity index (χ3n) is 2.04. The van der Waals surface area contributed by atoms with E-state index in [4.69, 9.17) is 0 Å². The van der Waals surface area contributed by atoms with Crippen molar-refractivity contribution in [1.82, 2.24) is 0 Å². The molecule has 0 unspecified atom stereocenters. The highest BCUT2D eigenvalue weighted by atomic mass is 32.2. The number of halogens is 1. The van der Waals surface area contributed by atoms with E-state index in [2.05, 4.69) is 0 Å². The van der Waals surface area contributed by atoms with Crippen LogP contribution in [0.25, 0.3) is 10.1 Å². The van der Waals surface area contributed by atoms with E-state index in [1.54, 1.807) is 17.8 Å². The maximum atomic E-state index is 13.3. The molecule has 1 aromatic carbocycles. The highest BCUT2D eigenvalue weighted by molar-refractivity contribution is 7.98. The summed E-state index contributed by atoms with van der Waals surface area (Å²) in [5, 5.41) is 3.09. The molecule has 0 atom stereocenters. The minimum atomic E-state index is -0.106. The molecule has 13 heavy (non-hydrogen) atoms. The highest BCUT2D eigenvalue weighted by Crippen LogP contribution is 2.34. The number of hydrogen-bond donors (Lipinski definition) is 0. The maximum absolute atomic E-state index is 13.3. The third-order valence-corrected chi connectivity index (χ3v) is 3.93. The van der Waals surface area contributed by atoms with Gasteiger partial charge in [-0.25, -0.2) is 4.39 Å². The number of hydrogen-bond acceptors (Lipinski definition) is 2. The van der Waals surface area contributed by atoms with Crippen molar-refractivity contribution in [3.05, 3.63) is 28.9 Å². The molecule has 3 heteroatoms. The van der Waals surface area contributed by atoms with Gasteiger partial charge in [-0.2, -0.15) is 0 Å². The zero-order valence-electron chi connectivity index (χ0n) is 7.43. The Morgan fingerprint density at radius 3 is 2.85 bits per heavy atom. The number of rotatable bonds is 1. The first-order valence-corrected chi connectivity index (χ1v) is 6.04. The third kappa shape index (κ3) is 1.36. The molecular weight excluding hydrogens is 203 g/mol. The molecule has 0 saturated carbocycles. The fourth-order valence-electron chi connectivity index (χ4n) is 1.40. The van der Waals surface area contributed by atoms with Crippen molar-refractivity contribution in [1.29, 1.82) is 0 Å². The van der Waals surface area contributed by atoms with E-state index >= 15 is 0 Å². The number of thioether (sulfide) groups is 1. The number of thiophene rings is 1. The van der Waals surface area contributed by atoms with Crippen LogP contribution in [0.5, 0.6) is 0 Å². The molecule has 2 rings (SSSR count). The topological polar surface area (TPSA) is 0 Å². The minimum absolute atomic E-state index is 0.106. The van der Waals surface area contributed by atoms with Crippen LogP contribution in [0, 0.1) is 12.7 Å². The van der Waals surface area contributed by atoms with Crippen molar-refractivity contribution in [3.63, 3.8) is 0 Å². The second-order valence-corrected chi connectivity index (χ2v) is 4.60. The number of benzene rings is 1. The molecule has 0 fully saturated rings. The van der Waals surface area contributed by atoms with Crippen LogP contribution in [0.3, 0.4) is 0 Å². The van der Waals surface area contributed by atoms with Crippen molar-refractivity contribution < 1.29 is 4.39 Å². The summed E-state index contributed by atoms with van der Waals surface area (Å²) in [6.45, 7) is 2.03. The van der Waals surface area contributed by atoms with Crippen LogP contribution in [-0.4, -0.2) is 6.26 Å².